The number of nitrogens with zero attached hydrogens (tertiary/aromatic N) is 1. The summed E-state index contributed by atoms with van der Waals surface area (Å²) in [5.41, 5.74) is 7.31. The van der Waals surface area contributed by atoms with Crippen LogP contribution >= 0.6 is 15.9 Å². The number of nitrogen functional groups attached to an aromatic ring is 1. The quantitative estimate of drug-likeness (QED) is 0.644. The fourth-order valence-electron chi connectivity index (χ4n) is 2.32. The highest BCUT2D eigenvalue weighted by molar-refractivity contribution is 9.10. The van der Waals surface area contributed by atoms with Crippen LogP contribution in [-0.4, -0.2) is 11.6 Å². The first-order chi connectivity index (χ1) is 9.56. The topological polar surface area (TPSA) is 83.9 Å². The molecule has 2 aromatic carbocycles. The lowest BCUT2D eigenvalue weighted by atomic mass is 9.83. The van der Waals surface area contributed by atoms with Gasteiger partial charge in [-0.25, -0.2) is 0 Å². The molecule has 5 heteroatoms. The first-order valence-corrected chi connectivity index (χ1v) is 6.56. The molecule has 0 spiro atoms. The van der Waals surface area contributed by atoms with Crippen molar-refractivity contribution in [3.05, 3.63) is 62.6 Å². The van der Waals surface area contributed by atoms with Crippen molar-refractivity contribution in [2.75, 3.05) is 5.73 Å². The number of anilines is 1. The summed E-state index contributed by atoms with van der Waals surface area (Å²) in [7, 11) is 0. The summed E-state index contributed by atoms with van der Waals surface area (Å²) in [5, 5.41) is 9.04. The molecule has 0 saturated heterocycles. The van der Waals surface area contributed by atoms with Crippen LogP contribution in [0.15, 0.2) is 34.8 Å². The molecule has 0 heterocycles. The molecule has 0 atom stereocenters. The molecule has 0 unspecified atom stereocenters. The fourth-order valence-corrected chi connectivity index (χ4v) is 2.93. The SMILES string of the molecule is N#Cc1cc2c(c(Br)c1N)C(=O)c1ccccc1C2=O. The van der Waals surface area contributed by atoms with Crippen molar-refractivity contribution in [1.82, 2.24) is 0 Å². The van der Waals surface area contributed by atoms with E-state index in [0.29, 0.717) is 15.6 Å². The van der Waals surface area contributed by atoms with Gasteiger partial charge in [0.1, 0.15) is 6.07 Å². The summed E-state index contributed by atoms with van der Waals surface area (Å²) in [6.45, 7) is 0. The van der Waals surface area contributed by atoms with Crippen LogP contribution in [0.1, 0.15) is 37.4 Å². The lowest BCUT2D eigenvalue weighted by Gasteiger charge is -2.19. The van der Waals surface area contributed by atoms with Crippen LogP contribution < -0.4 is 5.73 Å². The highest BCUT2D eigenvalue weighted by Gasteiger charge is 2.32. The molecule has 0 aliphatic heterocycles. The molecule has 3 rings (SSSR count). The molecule has 0 fully saturated rings. The molecule has 0 radical (unpaired) electrons. The van der Waals surface area contributed by atoms with Gasteiger partial charge in [-0.05, 0) is 22.0 Å². The van der Waals surface area contributed by atoms with Crippen LogP contribution in [0.3, 0.4) is 0 Å². The van der Waals surface area contributed by atoms with Crippen molar-refractivity contribution in [2.45, 2.75) is 0 Å². The van der Waals surface area contributed by atoms with E-state index in [4.69, 9.17) is 11.0 Å². The average Bonchev–Trinajstić information content (AvgIpc) is 2.47. The summed E-state index contributed by atoms with van der Waals surface area (Å²) in [6, 6.07) is 9.93. The fraction of sp³-hybridized carbons (Fsp3) is 0. The zero-order valence-electron chi connectivity index (χ0n) is 10.1. The van der Waals surface area contributed by atoms with Crippen molar-refractivity contribution >= 4 is 33.2 Å². The molecule has 20 heavy (non-hydrogen) atoms. The third kappa shape index (κ3) is 1.52. The van der Waals surface area contributed by atoms with Crippen molar-refractivity contribution in [1.29, 1.82) is 5.26 Å². The second-order valence-electron chi connectivity index (χ2n) is 4.39. The molecule has 2 aromatic rings. The number of halogens is 1. The van der Waals surface area contributed by atoms with Gasteiger partial charge in [0.25, 0.3) is 0 Å². The van der Waals surface area contributed by atoms with Gasteiger partial charge >= 0.3 is 0 Å². The van der Waals surface area contributed by atoms with Crippen LogP contribution in [0.4, 0.5) is 5.69 Å². The Morgan fingerprint density at radius 2 is 1.65 bits per heavy atom. The lowest BCUT2D eigenvalue weighted by molar-refractivity contribution is 0.0978. The van der Waals surface area contributed by atoms with Gasteiger partial charge in [0.2, 0.25) is 0 Å². The number of hydrogen-bond acceptors (Lipinski definition) is 4. The van der Waals surface area contributed by atoms with Gasteiger partial charge in [-0.2, -0.15) is 5.26 Å². The Kier molecular flexibility index (Phi) is 2.70. The van der Waals surface area contributed by atoms with Crippen molar-refractivity contribution < 1.29 is 9.59 Å². The highest BCUT2D eigenvalue weighted by atomic mass is 79.9. The first-order valence-electron chi connectivity index (χ1n) is 5.76. The van der Waals surface area contributed by atoms with Crippen molar-refractivity contribution in [3.63, 3.8) is 0 Å². The first kappa shape index (κ1) is 12.6. The van der Waals surface area contributed by atoms with Gasteiger partial charge in [-0.15, -0.1) is 0 Å². The molecular weight excluding hydrogens is 320 g/mol. The van der Waals surface area contributed by atoms with Gasteiger partial charge in [0.15, 0.2) is 11.6 Å². The van der Waals surface area contributed by atoms with E-state index in [1.807, 2.05) is 6.07 Å². The largest absolute Gasteiger partial charge is 0.397 e. The van der Waals surface area contributed by atoms with E-state index < -0.39 is 0 Å². The summed E-state index contributed by atoms with van der Waals surface area (Å²) in [4.78, 5) is 25.0. The zero-order valence-corrected chi connectivity index (χ0v) is 11.7. The molecule has 1 aliphatic carbocycles. The Morgan fingerprint density at radius 1 is 1.05 bits per heavy atom. The number of rotatable bonds is 0. The van der Waals surface area contributed by atoms with Crippen LogP contribution in [0.25, 0.3) is 0 Å². The van der Waals surface area contributed by atoms with Gasteiger partial charge in [-0.1, -0.05) is 24.3 Å². The Labute approximate surface area is 123 Å². The maximum absolute atomic E-state index is 12.5. The summed E-state index contributed by atoms with van der Waals surface area (Å²) in [5.74, 6) is -0.536. The molecule has 1 aliphatic rings. The van der Waals surface area contributed by atoms with Gasteiger partial charge in [0, 0.05) is 16.7 Å². The summed E-state index contributed by atoms with van der Waals surface area (Å²) in [6.07, 6.45) is 0. The van der Waals surface area contributed by atoms with E-state index in [-0.39, 0.29) is 33.9 Å². The Morgan fingerprint density at radius 3 is 2.25 bits per heavy atom. The Hall–Kier alpha value is -2.45. The van der Waals surface area contributed by atoms with Crippen LogP contribution in [0.5, 0.6) is 0 Å². The van der Waals surface area contributed by atoms with E-state index in [0.717, 1.165) is 0 Å². The van der Waals surface area contributed by atoms with E-state index >= 15 is 0 Å². The van der Waals surface area contributed by atoms with Gasteiger partial charge < -0.3 is 5.73 Å². The monoisotopic (exact) mass is 326 g/mol. The second-order valence-corrected chi connectivity index (χ2v) is 5.18. The average molecular weight is 327 g/mol. The number of nitrogens with two attached hydrogens (primary N) is 1. The minimum atomic E-state index is -0.271. The summed E-state index contributed by atoms with van der Waals surface area (Å²) >= 11 is 3.23. The predicted octanol–water partition coefficient (Wildman–Crippen LogP) is 2.68. The number of hydrogen-bond donors (Lipinski definition) is 1. The van der Waals surface area contributed by atoms with E-state index in [1.165, 1.54) is 6.07 Å². The molecule has 96 valence electrons. The number of ketones is 2. The van der Waals surface area contributed by atoms with Crippen LogP contribution in [-0.2, 0) is 0 Å². The number of carbonyl (C=O) groups is 2. The minimum absolute atomic E-state index is 0.173. The van der Waals surface area contributed by atoms with E-state index in [9.17, 15) is 9.59 Å². The van der Waals surface area contributed by atoms with Crippen LogP contribution in [0, 0.1) is 11.3 Å². The third-order valence-corrected chi connectivity index (χ3v) is 4.14. The van der Waals surface area contributed by atoms with Gasteiger partial charge in [-0.3, -0.25) is 9.59 Å². The number of carbonyl (C=O) groups excluding carboxylic acids is 2. The van der Waals surface area contributed by atoms with E-state index in [2.05, 4.69) is 15.9 Å². The zero-order chi connectivity index (χ0) is 14.4. The number of benzene rings is 2. The highest BCUT2D eigenvalue weighted by Crippen LogP contribution is 2.36. The molecule has 0 aromatic heterocycles. The second kappa shape index (κ2) is 4.29. The number of fused-ring (bicyclic) bond motifs is 2. The lowest BCUT2D eigenvalue weighted by Crippen LogP contribution is -2.22. The standard InChI is InChI=1S/C15H7BrN2O2/c16-12-11-10(5-7(6-17)13(12)18)14(19)8-3-1-2-4-9(8)15(11)20/h1-5H,18H2. The van der Waals surface area contributed by atoms with Crippen molar-refractivity contribution in [2.24, 2.45) is 0 Å². The smallest absolute Gasteiger partial charge is 0.195 e. The van der Waals surface area contributed by atoms with Gasteiger partial charge in [0.05, 0.1) is 21.3 Å². The number of nitriles is 1. The predicted molar refractivity (Wildman–Crippen MR) is 76.6 cm³/mol. The molecule has 2 N–H and O–H groups in total. The minimum Gasteiger partial charge on any atom is -0.397 e. The van der Waals surface area contributed by atoms with E-state index in [1.54, 1.807) is 24.3 Å². The maximum atomic E-state index is 12.5. The molecule has 0 amide bonds. The molecule has 4 nitrogen and oxygen atoms in total. The Balaban J connectivity index is 2.40. The molecule has 0 bridgehead atoms. The molecular formula is C15H7BrN2O2. The molecule has 0 saturated carbocycles. The van der Waals surface area contributed by atoms with Crippen LogP contribution in [0.2, 0.25) is 0 Å². The normalized spacial score (nSPS) is 12.6. The van der Waals surface area contributed by atoms with Crippen molar-refractivity contribution in [3.8, 4) is 6.07 Å². The Bertz CT molecular complexity index is 834. The summed E-state index contributed by atoms with van der Waals surface area (Å²) < 4.78 is 0.305. The third-order valence-electron chi connectivity index (χ3n) is 3.31. The maximum Gasteiger partial charge on any atom is 0.195 e.